The topological polar surface area (TPSA) is 47.3 Å². The van der Waals surface area contributed by atoms with Gasteiger partial charge in [-0.1, -0.05) is 17.7 Å². The highest BCUT2D eigenvalue weighted by Gasteiger charge is 2.16. The zero-order valence-corrected chi connectivity index (χ0v) is 12.4. The summed E-state index contributed by atoms with van der Waals surface area (Å²) in [7, 11) is 1.70. The molecule has 0 aliphatic rings. The molecule has 1 unspecified atom stereocenters. The number of ether oxygens (including phenoxy) is 1. The Hall–Kier alpha value is -1.36. The van der Waals surface area contributed by atoms with Gasteiger partial charge in [0.2, 0.25) is 0 Å². The van der Waals surface area contributed by atoms with Crippen molar-refractivity contribution < 1.29 is 4.74 Å². The number of methoxy groups -OCH3 is 1. The molecule has 0 aliphatic heterocycles. The lowest BCUT2D eigenvalue weighted by Crippen LogP contribution is -2.29. The van der Waals surface area contributed by atoms with Gasteiger partial charge in [-0.05, 0) is 48.9 Å². The van der Waals surface area contributed by atoms with Gasteiger partial charge in [-0.2, -0.15) is 0 Å². The molecule has 0 fully saturated rings. The quantitative estimate of drug-likeness (QED) is 0.651. The Kier molecular flexibility index (Phi) is 4.58. The van der Waals surface area contributed by atoms with Crippen molar-refractivity contribution in [2.45, 2.75) is 26.3 Å². The second kappa shape index (κ2) is 6.19. The van der Waals surface area contributed by atoms with Crippen LogP contribution in [0.2, 0.25) is 0 Å². The summed E-state index contributed by atoms with van der Waals surface area (Å²) in [5.41, 5.74) is 6.61. The molecule has 1 aromatic heterocycles. The summed E-state index contributed by atoms with van der Waals surface area (Å²) >= 11 is 1.74. The van der Waals surface area contributed by atoms with Gasteiger partial charge in [-0.3, -0.25) is 11.3 Å². The highest BCUT2D eigenvalue weighted by atomic mass is 32.1. The first-order chi connectivity index (χ1) is 9.15. The maximum absolute atomic E-state index is 5.73. The third-order valence-corrected chi connectivity index (χ3v) is 4.41. The molecule has 3 N–H and O–H groups in total. The lowest BCUT2D eigenvalue weighted by molar-refractivity contribution is 0.405. The zero-order chi connectivity index (χ0) is 13.8. The summed E-state index contributed by atoms with van der Waals surface area (Å²) in [6.07, 6.45) is 0.822. The molecule has 0 bridgehead atoms. The number of rotatable bonds is 5. The van der Waals surface area contributed by atoms with Crippen molar-refractivity contribution in [1.29, 1.82) is 0 Å². The molecule has 2 rings (SSSR count). The summed E-state index contributed by atoms with van der Waals surface area (Å²) in [5, 5.41) is 2.10. The molecule has 2 aromatic rings. The monoisotopic (exact) mass is 276 g/mol. The first-order valence-corrected chi connectivity index (χ1v) is 7.17. The van der Waals surface area contributed by atoms with Crippen LogP contribution in [0.1, 0.15) is 27.6 Å². The third kappa shape index (κ3) is 3.15. The van der Waals surface area contributed by atoms with Gasteiger partial charge >= 0.3 is 0 Å². The Morgan fingerprint density at radius 3 is 2.68 bits per heavy atom. The number of hydrogen-bond donors (Lipinski definition) is 2. The van der Waals surface area contributed by atoms with Gasteiger partial charge in [0, 0.05) is 4.88 Å². The van der Waals surface area contributed by atoms with Gasteiger partial charge in [0.25, 0.3) is 0 Å². The van der Waals surface area contributed by atoms with E-state index in [2.05, 4.69) is 42.9 Å². The lowest BCUT2D eigenvalue weighted by Gasteiger charge is -2.18. The summed E-state index contributed by atoms with van der Waals surface area (Å²) in [6, 6.07) is 8.48. The Balaban J connectivity index is 2.28. The fourth-order valence-electron chi connectivity index (χ4n) is 2.26. The molecule has 0 aliphatic carbocycles. The molecule has 1 heterocycles. The smallest absolute Gasteiger partial charge is 0.122 e. The first-order valence-electron chi connectivity index (χ1n) is 6.29. The van der Waals surface area contributed by atoms with Gasteiger partial charge in [0.15, 0.2) is 0 Å². The Bertz CT molecular complexity index is 551. The minimum atomic E-state index is 0.121. The number of nitrogens with two attached hydrogens (primary N) is 1. The van der Waals surface area contributed by atoms with Crippen LogP contribution in [0.4, 0.5) is 0 Å². The van der Waals surface area contributed by atoms with Crippen LogP contribution >= 0.6 is 11.3 Å². The Morgan fingerprint density at radius 1 is 1.32 bits per heavy atom. The van der Waals surface area contributed by atoms with E-state index < -0.39 is 0 Å². The second-order valence-corrected chi connectivity index (χ2v) is 5.65. The van der Waals surface area contributed by atoms with E-state index in [9.17, 15) is 0 Å². The molecule has 1 aromatic carbocycles. The Morgan fingerprint density at radius 2 is 2.11 bits per heavy atom. The number of aryl methyl sites for hydroxylation is 2. The van der Waals surface area contributed by atoms with Crippen molar-refractivity contribution in [2.24, 2.45) is 5.84 Å². The number of benzene rings is 1. The van der Waals surface area contributed by atoms with E-state index in [1.165, 1.54) is 21.6 Å². The predicted molar refractivity (Wildman–Crippen MR) is 80.6 cm³/mol. The lowest BCUT2D eigenvalue weighted by atomic mass is 10.0. The van der Waals surface area contributed by atoms with Crippen LogP contribution in [-0.4, -0.2) is 7.11 Å². The minimum absolute atomic E-state index is 0.121. The molecule has 0 saturated heterocycles. The van der Waals surface area contributed by atoms with Crippen molar-refractivity contribution in [3.63, 3.8) is 0 Å². The molecular formula is C15H20N2OS. The Labute approximate surface area is 118 Å². The van der Waals surface area contributed by atoms with Gasteiger partial charge in [0.1, 0.15) is 5.75 Å². The van der Waals surface area contributed by atoms with Crippen LogP contribution in [0.3, 0.4) is 0 Å². The number of hydrazine groups is 1. The first kappa shape index (κ1) is 14.1. The van der Waals surface area contributed by atoms with Gasteiger partial charge in [0.05, 0.1) is 13.2 Å². The maximum atomic E-state index is 5.73. The van der Waals surface area contributed by atoms with E-state index >= 15 is 0 Å². The standard InChI is InChI=1S/C15H20N2OS/c1-10-4-5-14(18-3)12(8-10)9-13(17-16)15-11(2)6-7-19-15/h4-8,13,17H,9,16H2,1-3H3. The number of thiophene rings is 1. The molecule has 3 nitrogen and oxygen atoms in total. The maximum Gasteiger partial charge on any atom is 0.122 e. The normalized spacial score (nSPS) is 12.4. The summed E-state index contributed by atoms with van der Waals surface area (Å²) in [6.45, 7) is 4.20. The predicted octanol–water partition coefficient (Wildman–Crippen LogP) is 3.12. The van der Waals surface area contributed by atoms with E-state index in [0.717, 1.165) is 12.2 Å². The van der Waals surface area contributed by atoms with Crippen LogP contribution in [0.25, 0.3) is 0 Å². The summed E-state index contributed by atoms with van der Waals surface area (Å²) in [4.78, 5) is 1.28. The van der Waals surface area contributed by atoms with Crippen molar-refractivity contribution in [1.82, 2.24) is 5.43 Å². The van der Waals surface area contributed by atoms with E-state index in [0.29, 0.717) is 0 Å². The number of nitrogens with one attached hydrogen (secondary N) is 1. The van der Waals surface area contributed by atoms with E-state index in [1.807, 2.05) is 6.07 Å². The SMILES string of the molecule is COc1ccc(C)cc1CC(NN)c1sccc1C. The molecule has 0 amide bonds. The van der Waals surface area contributed by atoms with Gasteiger partial charge in [-0.25, -0.2) is 0 Å². The summed E-state index contributed by atoms with van der Waals surface area (Å²) < 4.78 is 5.43. The van der Waals surface area contributed by atoms with Crippen molar-refractivity contribution in [3.8, 4) is 5.75 Å². The van der Waals surface area contributed by atoms with Crippen molar-refractivity contribution >= 4 is 11.3 Å². The second-order valence-electron chi connectivity index (χ2n) is 4.71. The van der Waals surface area contributed by atoms with Crippen LogP contribution in [0.15, 0.2) is 29.6 Å². The largest absolute Gasteiger partial charge is 0.496 e. The van der Waals surface area contributed by atoms with E-state index in [-0.39, 0.29) is 6.04 Å². The molecule has 19 heavy (non-hydrogen) atoms. The average molecular weight is 276 g/mol. The van der Waals surface area contributed by atoms with Gasteiger partial charge < -0.3 is 4.74 Å². The van der Waals surface area contributed by atoms with Gasteiger partial charge in [-0.15, -0.1) is 11.3 Å². The van der Waals surface area contributed by atoms with E-state index in [1.54, 1.807) is 18.4 Å². The highest BCUT2D eigenvalue weighted by Crippen LogP contribution is 2.29. The molecule has 0 spiro atoms. The van der Waals surface area contributed by atoms with Crippen LogP contribution < -0.4 is 16.0 Å². The summed E-state index contributed by atoms with van der Waals surface area (Å²) in [5.74, 6) is 6.64. The van der Waals surface area contributed by atoms with E-state index in [4.69, 9.17) is 10.6 Å². The van der Waals surface area contributed by atoms with Crippen LogP contribution in [0.5, 0.6) is 5.75 Å². The zero-order valence-electron chi connectivity index (χ0n) is 11.6. The minimum Gasteiger partial charge on any atom is -0.496 e. The molecule has 0 radical (unpaired) electrons. The van der Waals surface area contributed by atoms with Crippen molar-refractivity contribution in [2.75, 3.05) is 7.11 Å². The fraction of sp³-hybridized carbons (Fsp3) is 0.333. The third-order valence-electron chi connectivity index (χ3n) is 3.28. The van der Waals surface area contributed by atoms with Crippen LogP contribution in [0, 0.1) is 13.8 Å². The highest BCUT2D eigenvalue weighted by molar-refractivity contribution is 7.10. The van der Waals surface area contributed by atoms with Crippen molar-refractivity contribution in [3.05, 3.63) is 51.2 Å². The number of hydrogen-bond acceptors (Lipinski definition) is 4. The van der Waals surface area contributed by atoms with Crippen LogP contribution in [-0.2, 0) is 6.42 Å². The average Bonchev–Trinajstić information content (AvgIpc) is 2.82. The molecular weight excluding hydrogens is 256 g/mol. The molecule has 0 saturated carbocycles. The molecule has 4 heteroatoms. The fourth-order valence-corrected chi connectivity index (χ4v) is 3.24. The molecule has 102 valence electrons. The molecule has 1 atom stereocenters.